The lowest BCUT2D eigenvalue weighted by Crippen LogP contribution is -2.34. The summed E-state index contributed by atoms with van der Waals surface area (Å²) >= 11 is 0. The number of nitrogens with one attached hydrogen (secondary N) is 4. The molecule has 0 saturated carbocycles. The number of carbonyl (C=O) groups excluding carboxylic acids is 1. The fourth-order valence-electron chi connectivity index (χ4n) is 4.83. The van der Waals surface area contributed by atoms with Gasteiger partial charge in [-0.2, -0.15) is 13.2 Å². The molecule has 1 atom stereocenters. The molecule has 6 N–H and O–H groups in total. The second-order valence-electron chi connectivity index (χ2n) is 9.30. The van der Waals surface area contributed by atoms with Gasteiger partial charge in [-0.25, -0.2) is 19.7 Å². The van der Waals surface area contributed by atoms with E-state index >= 15 is 0 Å². The Bertz CT molecular complexity index is 1460. The fraction of sp³-hybridized carbons (Fsp3) is 0.308. The molecule has 2 aromatic carbocycles. The minimum Gasteiger partial charge on any atom is -0.371 e. The molecule has 2 aromatic heterocycles. The highest BCUT2D eigenvalue weighted by molar-refractivity contribution is 5.99. The van der Waals surface area contributed by atoms with Crippen molar-refractivity contribution in [3.63, 3.8) is 0 Å². The molecule has 13 heteroatoms. The molecule has 4 aromatic rings. The highest BCUT2D eigenvalue weighted by Gasteiger charge is 2.36. The molecule has 1 unspecified atom stereocenters. The van der Waals surface area contributed by atoms with E-state index in [0.717, 1.165) is 24.8 Å². The summed E-state index contributed by atoms with van der Waals surface area (Å²) in [5, 5.41) is 11.3. The largest absolute Gasteiger partial charge is 0.416 e. The number of alkyl halides is 3. The number of nitrogens with zero attached hydrogens (tertiary/aromatic N) is 4. The van der Waals surface area contributed by atoms with E-state index in [4.69, 9.17) is 5.73 Å². The van der Waals surface area contributed by atoms with Gasteiger partial charge in [-0.05, 0) is 73.8 Å². The molecule has 5 rings (SSSR count). The number of carbonyl (C=O) groups is 1. The van der Waals surface area contributed by atoms with Crippen molar-refractivity contribution in [1.82, 2.24) is 24.8 Å². The number of halogens is 3. The van der Waals surface area contributed by atoms with Crippen molar-refractivity contribution >= 4 is 34.4 Å². The Hall–Kier alpha value is -4.23. The summed E-state index contributed by atoms with van der Waals surface area (Å²) in [6.07, 6.45) is -0.137. The number of fused-ring (bicyclic) bond motifs is 1. The molecule has 1 aliphatic rings. The number of hydrogen-bond acceptors (Lipinski definition) is 7. The number of amides is 2. The molecule has 0 bridgehead atoms. The predicted molar refractivity (Wildman–Crippen MR) is 143 cm³/mol. The van der Waals surface area contributed by atoms with Gasteiger partial charge in [0.05, 0.1) is 5.56 Å². The summed E-state index contributed by atoms with van der Waals surface area (Å²) in [4.78, 5) is 25.4. The van der Waals surface area contributed by atoms with Gasteiger partial charge in [0.25, 0.3) is 0 Å². The first-order valence-electron chi connectivity index (χ1n) is 12.5. The van der Waals surface area contributed by atoms with Gasteiger partial charge in [-0.3, -0.25) is 4.57 Å². The van der Waals surface area contributed by atoms with E-state index in [0.29, 0.717) is 35.5 Å². The van der Waals surface area contributed by atoms with Crippen molar-refractivity contribution < 1.29 is 18.0 Å². The third kappa shape index (κ3) is 5.64. The van der Waals surface area contributed by atoms with Crippen LogP contribution < -0.4 is 27.0 Å². The zero-order chi connectivity index (χ0) is 27.6. The fourth-order valence-corrected chi connectivity index (χ4v) is 4.83. The van der Waals surface area contributed by atoms with Crippen molar-refractivity contribution in [2.75, 3.05) is 36.1 Å². The lowest BCUT2D eigenvalue weighted by molar-refractivity contribution is -0.138. The summed E-state index contributed by atoms with van der Waals surface area (Å²) in [6, 6.07) is 9.18. The molecule has 10 nitrogen and oxygen atoms in total. The first kappa shape index (κ1) is 26.4. The summed E-state index contributed by atoms with van der Waals surface area (Å²) in [5.41, 5.74) is 7.91. The van der Waals surface area contributed by atoms with Gasteiger partial charge in [-0.15, -0.1) is 0 Å². The Kier molecular flexibility index (Phi) is 7.35. The number of aromatic nitrogens is 4. The van der Waals surface area contributed by atoms with Crippen LogP contribution in [0.15, 0.2) is 55.1 Å². The number of rotatable bonds is 6. The van der Waals surface area contributed by atoms with Gasteiger partial charge < -0.3 is 27.0 Å². The quantitative estimate of drug-likeness (QED) is 0.243. The number of nitrogens with two attached hydrogens (primary N) is 1. The Morgan fingerprint density at radius 1 is 1.05 bits per heavy atom. The number of benzene rings is 2. The molecular weight excluding hydrogens is 511 g/mol. The van der Waals surface area contributed by atoms with Crippen LogP contribution in [0.25, 0.3) is 16.9 Å². The molecule has 2 amide bonds. The number of hydrogen-bond donors (Lipinski definition) is 5. The van der Waals surface area contributed by atoms with Crippen LogP contribution in [0.1, 0.15) is 30.0 Å². The van der Waals surface area contributed by atoms with E-state index in [1.165, 1.54) is 18.5 Å². The van der Waals surface area contributed by atoms with E-state index in [1.54, 1.807) is 42.2 Å². The molecule has 0 spiro atoms. The van der Waals surface area contributed by atoms with E-state index in [2.05, 4.69) is 36.2 Å². The Morgan fingerprint density at radius 3 is 2.44 bits per heavy atom. The second kappa shape index (κ2) is 10.9. The Balaban J connectivity index is 1.29. The first-order valence-corrected chi connectivity index (χ1v) is 12.5. The lowest BCUT2D eigenvalue weighted by Gasteiger charge is -2.30. The first-order chi connectivity index (χ1) is 18.7. The molecule has 1 saturated heterocycles. The van der Waals surface area contributed by atoms with Gasteiger partial charge in [0.15, 0.2) is 17.0 Å². The maximum atomic E-state index is 13.9. The number of urea groups is 1. The molecule has 204 valence electrons. The average molecular weight is 540 g/mol. The van der Waals surface area contributed by atoms with Gasteiger partial charge in [-0.1, -0.05) is 6.07 Å². The normalized spacial score (nSPS) is 15.2. The standard InChI is InChI=1S/C26H28F3N9O/c1-31-23-22-24(34-13-33-23)38(14-35-22)18-5-2-16(3-6-18)36-25(39)37-17-4-7-19(20(12-17)26(27,28)29)21(30)15-8-10-32-11-9-15/h2-7,12-15,21,32H,8-11,30H2,1H3,(H,31,33,34)(H2,36,37,39). The highest BCUT2D eigenvalue weighted by Crippen LogP contribution is 2.39. The van der Waals surface area contributed by atoms with Crippen molar-refractivity contribution in [2.45, 2.75) is 25.1 Å². The van der Waals surface area contributed by atoms with E-state index in [9.17, 15) is 18.0 Å². The van der Waals surface area contributed by atoms with Crippen molar-refractivity contribution in [2.24, 2.45) is 11.7 Å². The molecule has 0 aliphatic carbocycles. The monoisotopic (exact) mass is 539 g/mol. The molecule has 1 aliphatic heterocycles. The SMILES string of the molecule is CNc1ncnc2c1ncn2-c1ccc(NC(=O)Nc2ccc(C(N)C3CCNCC3)c(C(F)(F)F)c2)cc1. The summed E-state index contributed by atoms with van der Waals surface area (Å²) in [7, 11) is 1.74. The molecule has 0 radical (unpaired) electrons. The summed E-state index contributed by atoms with van der Waals surface area (Å²) in [5.74, 6) is 0.555. The van der Waals surface area contributed by atoms with Crippen LogP contribution >= 0.6 is 0 Å². The number of piperidine rings is 1. The van der Waals surface area contributed by atoms with Crippen LogP contribution in [0.5, 0.6) is 0 Å². The number of imidazole rings is 1. The molecule has 39 heavy (non-hydrogen) atoms. The van der Waals surface area contributed by atoms with Crippen LogP contribution in [0, 0.1) is 5.92 Å². The van der Waals surface area contributed by atoms with E-state index in [1.807, 2.05) is 0 Å². The minimum atomic E-state index is -4.61. The van der Waals surface area contributed by atoms with Crippen LogP contribution in [0.2, 0.25) is 0 Å². The molecule has 1 fully saturated rings. The number of anilines is 3. The van der Waals surface area contributed by atoms with Crippen molar-refractivity contribution in [3.8, 4) is 5.69 Å². The third-order valence-corrected chi connectivity index (χ3v) is 6.84. The van der Waals surface area contributed by atoms with Crippen LogP contribution in [-0.2, 0) is 6.18 Å². The third-order valence-electron chi connectivity index (χ3n) is 6.84. The Morgan fingerprint density at radius 2 is 1.74 bits per heavy atom. The summed E-state index contributed by atoms with van der Waals surface area (Å²) in [6.45, 7) is 1.45. The maximum Gasteiger partial charge on any atom is 0.416 e. The van der Waals surface area contributed by atoms with Gasteiger partial charge in [0.2, 0.25) is 0 Å². The van der Waals surface area contributed by atoms with Gasteiger partial charge in [0, 0.05) is 30.2 Å². The van der Waals surface area contributed by atoms with Crippen LogP contribution in [0.4, 0.5) is 35.2 Å². The van der Waals surface area contributed by atoms with E-state index < -0.39 is 23.8 Å². The lowest BCUT2D eigenvalue weighted by atomic mass is 9.84. The van der Waals surface area contributed by atoms with Gasteiger partial charge in [0.1, 0.15) is 12.7 Å². The van der Waals surface area contributed by atoms with Crippen LogP contribution in [-0.4, -0.2) is 45.7 Å². The van der Waals surface area contributed by atoms with Crippen molar-refractivity contribution in [3.05, 3.63) is 66.2 Å². The zero-order valence-electron chi connectivity index (χ0n) is 21.1. The zero-order valence-corrected chi connectivity index (χ0v) is 21.1. The average Bonchev–Trinajstić information content (AvgIpc) is 3.37. The topological polar surface area (TPSA) is 135 Å². The second-order valence-corrected chi connectivity index (χ2v) is 9.30. The van der Waals surface area contributed by atoms with E-state index in [-0.39, 0.29) is 17.2 Å². The predicted octanol–water partition coefficient (Wildman–Crippen LogP) is 4.52. The van der Waals surface area contributed by atoms with Crippen molar-refractivity contribution in [1.29, 1.82) is 0 Å². The Labute approximate surface area is 222 Å². The molecule has 3 heterocycles. The summed E-state index contributed by atoms with van der Waals surface area (Å²) < 4.78 is 43.5. The van der Waals surface area contributed by atoms with Crippen LogP contribution in [0.3, 0.4) is 0 Å². The minimum absolute atomic E-state index is 0.0163. The smallest absolute Gasteiger partial charge is 0.371 e. The highest BCUT2D eigenvalue weighted by atomic mass is 19.4. The maximum absolute atomic E-state index is 13.9. The molecular formula is C26H28F3N9O. The van der Waals surface area contributed by atoms with Gasteiger partial charge >= 0.3 is 12.2 Å².